The average molecular weight is 386 g/mol. The summed E-state index contributed by atoms with van der Waals surface area (Å²) in [4.78, 5) is 12.3. The summed E-state index contributed by atoms with van der Waals surface area (Å²) in [7, 11) is -3.81. The second-order valence-corrected chi connectivity index (χ2v) is 8.09. The first-order chi connectivity index (χ1) is 12.8. The lowest BCUT2D eigenvalue weighted by molar-refractivity contribution is -0.119. The summed E-state index contributed by atoms with van der Waals surface area (Å²) >= 11 is 0. The number of amides is 1. The summed E-state index contributed by atoms with van der Waals surface area (Å²) in [5.41, 5.74) is 0.736. The van der Waals surface area contributed by atoms with Gasteiger partial charge >= 0.3 is 0 Å². The molecule has 3 aromatic carbocycles. The van der Waals surface area contributed by atoms with E-state index in [2.05, 4.69) is 5.32 Å². The van der Waals surface area contributed by atoms with Crippen LogP contribution in [0.1, 0.15) is 5.56 Å². The van der Waals surface area contributed by atoms with E-state index < -0.39 is 28.3 Å². The molecule has 0 aromatic heterocycles. The normalized spacial score (nSPS) is 11.3. The molecule has 3 rings (SSSR count). The van der Waals surface area contributed by atoms with Crippen LogP contribution in [0.3, 0.4) is 0 Å². The molecule has 5 nitrogen and oxygen atoms in total. The van der Waals surface area contributed by atoms with Gasteiger partial charge in [0.1, 0.15) is 12.4 Å². The van der Waals surface area contributed by atoms with Gasteiger partial charge in [-0.25, -0.2) is 12.8 Å². The highest BCUT2D eigenvalue weighted by Gasteiger charge is 2.23. The fourth-order valence-corrected chi connectivity index (χ4v) is 3.63. The zero-order valence-corrected chi connectivity index (χ0v) is 15.5. The van der Waals surface area contributed by atoms with Gasteiger partial charge in [-0.2, -0.15) is 0 Å². The lowest BCUT2D eigenvalue weighted by Gasteiger charge is -2.22. The van der Waals surface area contributed by atoms with E-state index in [-0.39, 0.29) is 12.2 Å². The van der Waals surface area contributed by atoms with Crippen LogP contribution in [-0.2, 0) is 21.4 Å². The van der Waals surface area contributed by atoms with Crippen LogP contribution < -0.4 is 9.62 Å². The van der Waals surface area contributed by atoms with Gasteiger partial charge in [-0.1, -0.05) is 48.5 Å². The van der Waals surface area contributed by atoms with Gasteiger partial charge in [0.25, 0.3) is 0 Å². The number of carbonyl (C=O) groups is 1. The molecule has 0 fully saturated rings. The van der Waals surface area contributed by atoms with Crippen LogP contribution in [0.15, 0.2) is 66.7 Å². The molecule has 0 saturated carbocycles. The van der Waals surface area contributed by atoms with Crippen molar-refractivity contribution < 1.29 is 17.6 Å². The molecule has 140 valence electrons. The Bertz CT molecular complexity index is 1080. The molecule has 0 spiro atoms. The van der Waals surface area contributed by atoms with Crippen LogP contribution in [0.4, 0.5) is 10.1 Å². The van der Waals surface area contributed by atoms with Crippen LogP contribution in [0.25, 0.3) is 10.8 Å². The zero-order valence-electron chi connectivity index (χ0n) is 14.7. The minimum absolute atomic E-state index is 0.152. The lowest BCUT2D eigenvalue weighted by Crippen LogP contribution is -2.40. The molecule has 1 N–H and O–H groups in total. The van der Waals surface area contributed by atoms with Crippen LogP contribution in [0.5, 0.6) is 0 Å². The van der Waals surface area contributed by atoms with Gasteiger partial charge in [0, 0.05) is 6.54 Å². The first kappa shape index (κ1) is 18.8. The molecular formula is C20H19FN2O3S. The van der Waals surface area contributed by atoms with Crippen LogP contribution in [0, 0.1) is 5.82 Å². The Morgan fingerprint density at radius 1 is 1.00 bits per heavy atom. The first-order valence-corrected chi connectivity index (χ1v) is 10.2. The number of anilines is 1. The summed E-state index contributed by atoms with van der Waals surface area (Å²) in [6.45, 7) is -0.244. The zero-order chi connectivity index (χ0) is 19.4. The quantitative estimate of drug-likeness (QED) is 0.708. The maximum absolute atomic E-state index is 14.0. The Kier molecular flexibility index (Phi) is 5.41. The Morgan fingerprint density at radius 3 is 2.37 bits per heavy atom. The van der Waals surface area contributed by atoms with Gasteiger partial charge in [-0.05, 0) is 34.5 Å². The average Bonchev–Trinajstić information content (AvgIpc) is 2.64. The molecule has 0 aliphatic carbocycles. The highest BCUT2D eigenvalue weighted by Crippen LogP contribution is 2.21. The number of sulfonamides is 1. The minimum atomic E-state index is -3.81. The summed E-state index contributed by atoms with van der Waals surface area (Å²) in [5, 5.41) is 4.83. The van der Waals surface area contributed by atoms with Crippen molar-refractivity contribution in [3.63, 3.8) is 0 Å². The van der Waals surface area contributed by atoms with Crippen molar-refractivity contribution in [2.24, 2.45) is 0 Å². The molecule has 27 heavy (non-hydrogen) atoms. The number of rotatable bonds is 6. The Balaban J connectivity index is 1.71. The summed E-state index contributed by atoms with van der Waals surface area (Å²) in [6, 6.07) is 19.1. The van der Waals surface area contributed by atoms with E-state index in [0.29, 0.717) is 0 Å². The Labute approximate surface area is 157 Å². The fourth-order valence-electron chi connectivity index (χ4n) is 2.77. The molecule has 0 bridgehead atoms. The number of hydrogen-bond donors (Lipinski definition) is 1. The Hall–Kier alpha value is -2.93. The third-order valence-corrected chi connectivity index (χ3v) is 5.24. The van der Waals surface area contributed by atoms with Crippen molar-refractivity contribution in [1.82, 2.24) is 5.32 Å². The predicted octanol–water partition coefficient (Wildman–Crippen LogP) is 3.06. The molecule has 0 atom stereocenters. The molecule has 0 radical (unpaired) electrons. The molecule has 7 heteroatoms. The number of carbonyl (C=O) groups excluding carboxylic acids is 1. The van der Waals surface area contributed by atoms with E-state index in [1.165, 1.54) is 18.2 Å². The fraction of sp³-hybridized carbons (Fsp3) is 0.150. The first-order valence-electron chi connectivity index (χ1n) is 8.31. The molecular weight excluding hydrogens is 367 g/mol. The number of halogens is 1. The van der Waals surface area contributed by atoms with Gasteiger partial charge in [0.05, 0.1) is 11.9 Å². The summed E-state index contributed by atoms with van der Waals surface area (Å²) < 4.78 is 38.8. The van der Waals surface area contributed by atoms with E-state index in [0.717, 1.165) is 33.0 Å². The predicted molar refractivity (Wildman–Crippen MR) is 104 cm³/mol. The monoisotopic (exact) mass is 386 g/mol. The molecule has 0 aliphatic rings. The maximum Gasteiger partial charge on any atom is 0.241 e. The molecule has 1 amide bonds. The number of nitrogens with one attached hydrogen (secondary N) is 1. The smallest absolute Gasteiger partial charge is 0.241 e. The molecule has 0 unspecified atom stereocenters. The van der Waals surface area contributed by atoms with Gasteiger partial charge < -0.3 is 5.32 Å². The lowest BCUT2D eigenvalue weighted by atomic mass is 10.1. The number of fused-ring (bicyclic) bond motifs is 1. The van der Waals surface area contributed by atoms with Crippen molar-refractivity contribution in [2.75, 3.05) is 17.1 Å². The van der Waals surface area contributed by atoms with Crippen LogP contribution >= 0.6 is 0 Å². The van der Waals surface area contributed by atoms with Gasteiger partial charge in [-0.3, -0.25) is 9.10 Å². The van der Waals surface area contributed by atoms with Gasteiger partial charge in [0.15, 0.2) is 0 Å². The number of benzene rings is 3. The summed E-state index contributed by atoms with van der Waals surface area (Å²) in [5.74, 6) is -1.22. The highest BCUT2D eigenvalue weighted by molar-refractivity contribution is 7.92. The van der Waals surface area contributed by atoms with Gasteiger partial charge in [-0.15, -0.1) is 0 Å². The summed E-state index contributed by atoms with van der Waals surface area (Å²) in [6.07, 6.45) is 0.941. The van der Waals surface area contributed by atoms with E-state index in [9.17, 15) is 17.6 Å². The number of para-hydroxylation sites is 1. The van der Waals surface area contributed by atoms with E-state index in [1.54, 1.807) is 0 Å². The van der Waals surface area contributed by atoms with Crippen molar-refractivity contribution >= 4 is 32.4 Å². The molecule has 0 heterocycles. The number of nitrogens with zero attached hydrogens (tertiary/aromatic N) is 1. The van der Waals surface area contributed by atoms with Gasteiger partial charge in [0.2, 0.25) is 15.9 Å². The molecule has 0 saturated heterocycles. The van der Waals surface area contributed by atoms with E-state index in [4.69, 9.17) is 0 Å². The Morgan fingerprint density at radius 2 is 1.67 bits per heavy atom. The van der Waals surface area contributed by atoms with Crippen molar-refractivity contribution in [1.29, 1.82) is 0 Å². The second-order valence-electron chi connectivity index (χ2n) is 6.18. The largest absolute Gasteiger partial charge is 0.350 e. The SMILES string of the molecule is CS(=O)(=O)N(CC(=O)NCc1ccc2ccccc2c1)c1ccccc1F. The number of hydrogen-bond acceptors (Lipinski definition) is 3. The van der Waals surface area contributed by atoms with Crippen LogP contribution in [0.2, 0.25) is 0 Å². The second kappa shape index (κ2) is 7.75. The maximum atomic E-state index is 14.0. The van der Waals surface area contributed by atoms with E-state index in [1.807, 2.05) is 42.5 Å². The molecule has 3 aromatic rings. The van der Waals surface area contributed by atoms with Crippen molar-refractivity contribution in [3.8, 4) is 0 Å². The topological polar surface area (TPSA) is 66.5 Å². The van der Waals surface area contributed by atoms with Crippen molar-refractivity contribution in [2.45, 2.75) is 6.54 Å². The third kappa shape index (κ3) is 4.62. The highest BCUT2D eigenvalue weighted by atomic mass is 32.2. The van der Waals surface area contributed by atoms with Crippen LogP contribution in [-0.4, -0.2) is 27.1 Å². The molecule has 0 aliphatic heterocycles. The minimum Gasteiger partial charge on any atom is -0.350 e. The van der Waals surface area contributed by atoms with Crippen molar-refractivity contribution in [3.05, 3.63) is 78.1 Å². The standard InChI is InChI=1S/C20H19FN2O3S/c1-27(25,26)23(19-9-5-4-8-18(19)21)14-20(24)22-13-15-10-11-16-6-2-3-7-17(16)12-15/h2-12H,13-14H2,1H3,(H,22,24). The third-order valence-electron chi connectivity index (χ3n) is 4.11. The van der Waals surface area contributed by atoms with E-state index >= 15 is 0 Å².